The van der Waals surface area contributed by atoms with E-state index in [0.29, 0.717) is 12.1 Å². The molecule has 3 N–H and O–H groups in total. The van der Waals surface area contributed by atoms with Gasteiger partial charge in [0.25, 0.3) is 0 Å². The monoisotopic (exact) mass is 403 g/mol. The van der Waals surface area contributed by atoms with Crippen LogP contribution in [-0.4, -0.2) is 29.2 Å². The van der Waals surface area contributed by atoms with Crippen molar-refractivity contribution in [2.24, 2.45) is 0 Å². The van der Waals surface area contributed by atoms with Crippen LogP contribution < -0.4 is 20.7 Å². The van der Waals surface area contributed by atoms with Gasteiger partial charge in [-0.25, -0.2) is 4.98 Å². The van der Waals surface area contributed by atoms with Crippen LogP contribution in [0.25, 0.3) is 0 Å². The Hall–Kier alpha value is -3.12. The van der Waals surface area contributed by atoms with Crippen molar-refractivity contribution in [3.63, 3.8) is 0 Å². The number of ether oxygens (including phenoxy) is 1. The molecule has 0 bridgehead atoms. The fourth-order valence-electron chi connectivity index (χ4n) is 3.49. The molecule has 6 nitrogen and oxygen atoms in total. The lowest BCUT2D eigenvalue weighted by molar-refractivity contribution is 0.162. The zero-order valence-corrected chi connectivity index (χ0v) is 17.8. The number of nitrogens with one attached hydrogen (secondary N) is 3. The van der Waals surface area contributed by atoms with Gasteiger partial charge in [-0.15, -0.1) is 0 Å². The van der Waals surface area contributed by atoms with Crippen molar-refractivity contribution in [1.29, 1.82) is 0 Å². The van der Waals surface area contributed by atoms with Gasteiger partial charge in [-0.2, -0.15) is 4.98 Å². The van der Waals surface area contributed by atoms with Crippen molar-refractivity contribution in [2.75, 3.05) is 23.7 Å². The number of aromatic nitrogens is 2. The highest BCUT2D eigenvalue weighted by Gasteiger charge is 2.14. The van der Waals surface area contributed by atoms with Crippen molar-refractivity contribution in [1.82, 2.24) is 15.3 Å². The summed E-state index contributed by atoms with van der Waals surface area (Å²) in [7, 11) is 0. The lowest BCUT2D eigenvalue weighted by Gasteiger charge is -2.23. The highest BCUT2D eigenvalue weighted by Crippen LogP contribution is 2.25. The molecule has 6 heteroatoms. The fraction of sp³-hybridized carbons (Fsp3) is 0.333. The summed E-state index contributed by atoms with van der Waals surface area (Å²) >= 11 is 0. The molecular formula is C24H29N5O. The van der Waals surface area contributed by atoms with Crippen LogP contribution in [0.15, 0.2) is 48.7 Å². The lowest BCUT2D eigenvalue weighted by Crippen LogP contribution is -2.34. The number of piperidine rings is 1. The second-order valence-corrected chi connectivity index (χ2v) is 7.81. The van der Waals surface area contributed by atoms with Gasteiger partial charge in [0, 0.05) is 23.1 Å². The molecule has 4 rings (SSSR count). The van der Waals surface area contributed by atoms with E-state index in [-0.39, 0.29) is 0 Å². The quantitative estimate of drug-likeness (QED) is 0.537. The molecule has 0 saturated carbocycles. The molecule has 1 aromatic heterocycles. The van der Waals surface area contributed by atoms with E-state index in [0.717, 1.165) is 54.4 Å². The topological polar surface area (TPSA) is 71.1 Å². The Labute approximate surface area is 178 Å². The summed E-state index contributed by atoms with van der Waals surface area (Å²) in [6, 6.07) is 14.2. The van der Waals surface area contributed by atoms with Gasteiger partial charge >= 0.3 is 0 Å². The largest absolute Gasteiger partial charge is 0.490 e. The number of hydrogen-bond acceptors (Lipinski definition) is 6. The SMILES string of the molecule is Cc1cnc(Nc2ccc(OC3CCNCC3)cc2)nc1Nc1cccc(C)c1C. The Morgan fingerprint density at radius 1 is 0.933 bits per heavy atom. The zero-order chi connectivity index (χ0) is 20.9. The molecular weight excluding hydrogens is 374 g/mol. The number of rotatable bonds is 6. The van der Waals surface area contributed by atoms with Crippen LogP contribution in [0.4, 0.5) is 23.1 Å². The van der Waals surface area contributed by atoms with Crippen molar-refractivity contribution in [2.45, 2.75) is 39.7 Å². The smallest absolute Gasteiger partial charge is 0.229 e. The molecule has 0 aliphatic carbocycles. The molecule has 156 valence electrons. The summed E-state index contributed by atoms with van der Waals surface area (Å²) in [5, 5.41) is 10.1. The summed E-state index contributed by atoms with van der Waals surface area (Å²) < 4.78 is 6.07. The maximum absolute atomic E-state index is 6.07. The number of benzene rings is 2. The molecule has 0 unspecified atom stereocenters. The van der Waals surface area contributed by atoms with Crippen LogP contribution in [0, 0.1) is 20.8 Å². The number of hydrogen-bond donors (Lipinski definition) is 3. The second-order valence-electron chi connectivity index (χ2n) is 7.81. The molecule has 1 saturated heterocycles. The van der Waals surface area contributed by atoms with E-state index in [1.807, 2.05) is 43.5 Å². The molecule has 0 spiro atoms. The molecule has 0 atom stereocenters. The molecule has 1 aliphatic heterocycles. The molecule has 2 aromatic carbocycles. The van der Waals surface area contributed by atoms with E-state index in [9.17, 15) is 0 Å². The van der Waals surface area contributed by atoms with Crippen molar-refractivity contribution < 1.29 is 4.74 Å². The Morgan fingerprint density at radius 2 is 1.70 bits per heavy atom. The molecule has 1 aliphatic rings. The first-order chi connectivity index (χ1) is 14.6. The minimum absolute atomic E-state index is 0.296. The van der Waals surface area contributed by atoms with Gasteiger partial charge in [0.2, 0.25) is 5.95 Å². The summed E-state index contributed by atoms with van der Waals surface area (Å²) in [6.07, 6.45) is 4.22. The van der Waals surface area contributed by atoms with Gasteiger partial charge in [-0.3, -0.25) is 0 Å². The first kappa shape index (κ1) is 20.2. The van der Waals surface area contributed by atoms with E-state index < -0.39 is 0 Å². The van der Waals surface area contributed by atoms with Gasteiger partial charge in [0.1, 0.15) is 17.7 Å². The average Bonchev–Trinajstić information content (AvgIpc) is 2.76. The van der Waals surface area contributed by atoms with Gasteiger partial charge in [0.05, 0.1) is 0 Å². The van der Waals surface area contributed by atoms with Crippen LogP contribution in [0.1, 0.15) is 29.5 Å². The van der Waals surface area contributed by atoms with Gasteiger partial charge in [0.15, 0.2) is 0 Å². The van der Waals surface area contributed by atoms with Crippen LogP contribution >= 0.6 is 0 Å². The lowest BCUT2D eigenvalue weighted by atomic mass is 10.1. The predicted octanol–water partition coefficient (Wildman–Crippen LogP) is 5.02. The Kier molecular flexibility index (Phi) is 6.14. The molecule has 2 heterocycles. The van der Waals surface area contributed by atoms with E-state index in [2.05, 4.69) is 51.9 Å². The summed E-state index contributed by atoms with van der Waals surface area (Å²) in [5.74, 6) is 2.25. The Morgan fingerprint density at radius 3 is 2.47 bits per heavy atom. The third-order valence-electron chi connectivity index (χ3n) is 5.53. The van der Waals surface area contributed by atoms with Crippen LogP contribution in [0.2, 0.25) is 0 Å². The van der Waals surface area contributed by atoms with Gasteiger partial charge in [-0.05, 0) is 88.2 Å². The third kappa shape index (κ3) is 4.89. The first-order valence-electron chi connectivity index (χ1n) is 10.5. The van der Waals surface area contributed by atoms with Crippen LogP contribution in [0.5, 0.6) is 5.75 Å². The van der Waals surface area contributed by atoms with Crippen molar-refractivity contribution in [3.8, 4) is 5.75 Å². The predicted molar refractivity (Wildman–Crippen MR) is 122 cm³/mol. The highest BCUT2D eigenvalue weighted by molar-refractivity contribution is 5.65. The van der Waals surface area contributed by atoms with E-state index in [4.69, 9.17) is 4.74 Å². The van der Waals surface area contributed by atoms with Crippen LogP contribution in [-0.2, 0) is 0 Å². The van der Waals surface area contributed by atoms with Gasteiger partial charge in [-0.1, -0.05) is 12.1 Å². The standard InChI is InChI=1S/C24H29N5O/c1-16-5-4-6-22(18(16)3)28-23-17(2)15-26-24(29-23)27-19-7-9-20(10-8-19)30-21-11-13-25-14-12-21/h4-10,15,21,25H,11-14H2,1-3H3,(H2,26,27,28,29). The maximum atomic E-state index is 6.07. The number of nitrogens with zero attached hydrogens (tertiary/aromatic N) is 2. The minimum atomic E-state index is 0.296. The van der Waals surface area contributed by atoms with Gasteiger partial charge < -0.3 is 20.7 Å². The minimum Gasteiger partial charge on any atom is -0.490 e. The third-order valence-corrected chi connectivity index (χ3v) is 5.53. The number of anilines is 4. The highest BCUT2D eigenvalue weighted by atomic mass is 16.5. The second kappa shape index (κ2) is 9.13. The first-order valence-corrected chi connectivity index (χ1v) is 10.5. The summed E-state index contributed by atoms with van der Waals surface area (Å²) in [6.45, 7) is 8.27. The van der Waals surface area contributed by atoms with Crippen LogP contribution in [0.3, 0.4) is 0 Å². The fourth-order valence-corrected chi connectivity index (χ4v) is 3.49. The van der Waals surface area contributed by atoms with Crippen molar-refractivity contribution in [3.05, 3.63) is 65.4 Å². The van der Waals surface area contributed by atoms with Crippen molar-refractivity contribution >= 4 is 23.1 Å². The molecule has 0 radical (unpaired) electrons. The maximum Gasteiger partial charge on any atom is 0.229 e. The zero-order valence-electron chi connectivity index (χ0n) is 17.8. The molecule has 0 amide bonds. The summed E-state index contributed by atoms with van der Waals surface area (Å²) in [4.78, 5) is 9.11. The van der Waals surface area contributed by atoms with E-state index >= 15 is 0 Å². The normalized spacial score (nSPS) is 14.4. The molecule has 30 heavy (non-hydrogen) atoms. The van der Waals surface area contributed by atoms with E-state index in [1.54, 1.807) is 0 Å². The Balaban J connectivity index is 1.44. The molecule has 3 aromatic rings. The average molecular weight is 404 g/mol. The molecule has 1 fully saturated rings. The Bertz CT molecular complexity index is 997. The summed E-state index contributed by atoms with van der Waals surface area (Å²) in [5.41, 5.74) is 5.44. The van der Waals surface area contributed by atoms with E-state index in [1.165, 1.54) is 11.1 Å². The number of aryl methyl sites for hydroxylation is 2.